The van der Waals surface area contributed by atoms with E-state index >= 15 is 0 Å². The highest BCUT2D eigenvalue weighted by Crippen LogP contribution is 2.35. The van der Waals surface area contributed by atoms with Crippen molar-refractivity contribution in [1.82, 2.24) is 0 Å². The van der Waals surface area contributed by atoms with Crippen molar-refractivity contribution < 1.29 is 24.1 Å². The number of esters is 1. The van der Waals surface area contributed by atoms with Gasteiger partial charge in [0.05, 0.1) is 39.4 Å². The molecule has 1 atom stereocenters. The van der Waals surface area contributed by atoms with Crippen molar-refractivity contribution in [3.8, 4) is 11.5 Å². The monoisotopic (exact) mass is 240 g/mol. The van der Waals surface area contributed by atoms with Gasteiger partial charge in [0.25, 0.3) is 0 Å². The average molecular weight is 240 g/mol. The van der Waals surface area contributed by atoms with Crippen molar-refractivity contribution in [3.63, 3.8) is 0 Å². The van der Waals surface area contributed by atoms with Gasteiger partial charge in [-0.25, -0.2) is 0 Å². The lowest BCUT2D eigenvalue weighted by molar-refractivity contribution is -0.142. The first-order chi connectivity index (χ1) is 8.13. The first-order valence-corrected chi connectivity index (χ1v) is 5.09. The summed E-state index contributed by atoms with van der Waals surface area (Å²) in [4.78, 5) is 11.1. The maximum atomic E-state index is 11.1. The molecule has 17 heavy (non-hydrogen) atoms. The Balaban J connectivity index is 3.04. The summed E-state index contributed by atoms with van der Waals surface area (Å²) in [5.74, 6) is 0.451. The molecule has 5 nitrogen and oxygen atoms in total. The quantitative estimate of drug-likeness (QED) is 0.786. The van der Waals surface area contributed by atoms with Crippen LogP contribution in [0.15, 0.2) is 18.2 Å². The number of ether oxygens (including phenoxy) is 3. The predicted molar refractivity (Wildman–Crippen MR) is 61.1 cm³/mol. The van der Waals surface area contributed by atoms with Crippen molar-refractivity contribution >= 4 is 5.97 Å². The summed E-state index contributed by atoms with van der Waals surface area (Å²) in [7, 11) is 4.25. The van der Waals surface area contributed by atoms with Gasteiger partial charge in [0, 0.05) is 0 Å². The second-order valence-electron chi connectivity index (χ2n) is 3.37. The van der Waals surface area contributed by atoms with Gasteiger partial charge in [-0.3, -0.25) is 4.79 Å². The van der Waals surface area contributed by atoms with Crippen LogP contribution in [0.2, 0.25) is 0 Å². The van der Waals surface area contributed by atoms with E-state index in [1.165, 1.54) is 21.3 Å². The average Bonchev–Trinajstić information content (AvgIpc) is 2.37. The van der Waals surface area contributed by atoms with E-state index in [9.17, 15) is 9.90 Å². The summed E-state index contributed by atoms with van der Waals surface area (Å²) in [6, 6.07) is 5.13. The molecule has 0 fully saturated rings. The van der Waals surface area contributed by atoms with Crippen LogP contribution in [0.25, 0.3) is 0 Å². The molecule has 0 aliphatic heterocycles. The van der Waals surface area contributed by atoms with Crippen LogP contribution in [0.3, 0.4) is 0 Å². The van der Waals surface area contributed by atoms with Crippen LogP contribution < -0.4 is 9.47 Å². The number of benzene rings is 1. The van der Waals surface area contributed by atoms with Crippen LogP contribution in [0, 0.1) is 0 Å². The van der Waals surface area contributed by atoms with Crippen LogP contribution in [0.5, 0.6) is 11.5 Å². The Morgan fingerprint density at radius 3 is 2.18 bits per heavy atom. The Bertz CT molecular complexity index is 366. The van der Waals surface area contributed by atoms with Crippen LogP contribution in [0.4, 0.5) is 0 Å². The summed E-state index contributed by atoms with van der Waals surface area (Å²) in [5.41, 5.74) is 0.447. The molecule has 0 amide bonds. The lowest BCUT2D eigenvalue weighted by Gasteiger charge is -2.17. The number of hydrogen-bond donors (Lipinski definition) is 1. The molecule has 0 bridgehead atoms. The van der Waals surface area contributed by atoms with Crippen LogP contribution in [0.1, 0.15) is 18.1 Å². The molecule has 0 unspecified atom stereocenters. The third-order valence-corrected chi connectivity index (χ3v) is 2.39. The number of aliphatic hydroxyl groups excluding tert-OH is 1. The number of carbonyl (C=O) groups excluding carboxylic acids is 1. The van der Waals surface area contributed by atoms with Crippen molar-refractivity contribution in [3.05, 3.63) is 23.8 Å². The molecule has 0 aliphatic rings. The molecule has 0 spiro atoms. The second kappa shape index (κ2) is 6.10. The molecule has 5 heteroatoms. The highest BCUT2D eigenvalue weighted by atomic mass is 16.5. The zero-order valence-corrected chi connectivity index (χ0v) is 10.1. The maximum absolute atomic E-state index is 11.1. The molecule has 1 N–H and O–H groups in total. The molecule has 1 aromatic carbocycles. The van der Waals surface area contributed by atoms with Gasteiger partial charge in [0.2, 0.25) is 0 Å². The Kier molecular flexibility index (Phi) is 4.78. The van der Waals surface area contributed by atoms with Gasteiger partial charge in [-0.15, -0.1) is 0 Å². The Hall–Kier alpha value is -1.75. The summed E-state index contributed by atoms with van der Waals surface area (Å²) >= 11 is 0. The van der Waals surface area contributed by atoms with Gasteiger partial charge in [0.1, 0.15) is 11.5 Å². The molecular weight excluding hydrogens is 224 g/mol. The van der Waals surface area contributed by atoms with Gasteiger partial charge < -0.3 is 19.3 Å². The number of hydrogen-bond acceptors (Lipinski definition) is 5. The van der Waals surface area contributed by atoms with Gasteiger partial charge in [-0.1, -0.05) is 6.07 Å². The fourth-order valence-corrected chi connectivity index (χ4v) is 1.55. The Labute approximate surface area is 99.9 Å². The predicted octanol–water partition coefficient (Wildman–Crippen LogP) is 1.30. The summed E-state index contributed by atoms with van der Waals surface area (Å²) in [6.07, 6.45) is -1.17. The summed E-state index contributed by atoms with van der Waals surface area (Å²) in [6.45, 7) is 0. The molecule has 0 aliphatic carbocycles. The van der Waals surface area contributed by atoms with Gasteiger partial charge in [0.15, 0.2) is 0 Å². The molecule has 0 heterocycles. The van der Waals surface area contributed by atoms with E-state index in [4.69, 9.17) is 9.47 Å². The first-order valence-electron chi connectivity index (χ1n) is 5.09. The summed E-state index contributed by atoms with van der Waals surface area (Å²) < 4.78 is 14.8. The molecule has 1 rings (SSSR count). The first kappa shape index (κ1) is 13.3. The number of methoxy groups -OCH3 is 3. The van der Waals surface area contributed by atoms with E-state index in [2.05, 4.69) is 4.74 Å². The van der Waals surface area contributed by atoms with Gasteiger partial charge >= 0.3 is 5.97 Å². The highest BCUT2D eigenvalue weighted by molar-refractivity contribution is 5.70. The largest absolute Gasteiger partial charge is 0.496 e. The molecular formula is C12H16O5. The maximum Gasteiger partial charge on any atom is 0.308 e. The van der Waals surface area contributed by atoms with Crippen molar-refractivity contribution in [2.45, 2.75) is 12.5 Å². The van der Waals surface area contributed by atoms with E-state index in [1.54, 1.807) is 18.2 Å². The van der Waals surface area contributed by atoms with E-state index in [1.807, 2.05) is 0 Å². The van der Waals surface area contributed by atoms with Crippen molar-refractivity contribution in [2.24, 2.45) is 0 Å². The van der Waals surface area contributed by atoms with Crippen molar-refractivity contribution in [2.75, 3.05) is 21.3 Å². The lowest BCUT2D eigenvalue weighted by Crippen LogP contribution is -2.10. The van der Waals surface area contributed by atoms with Gasteiger partial charge in [-0.05, 0) is 12.1 Å². The topological polar surface area (TPSA) is 65.0 Å². The molecule has 0 radical (unpaired) electrons. The van der Waals surface area contributed by atoms with E-state index in [-0.39, 0.29) is 6.42 Å². The standard InChI is InChI=1S/C12H16O5/c1-15-9-5-4-6-10(16-2)12(9)8(13)7-11(14)17-3/h4-6,8,13H,7H2,1-3H3/t8-/m0/s1. The minimum absolute atomic E-state index is 0.146. The Morgan fingerprint density at radius 2 is 1.76 bits per heavy atom. The van der Waals surface area contributed by atoms with Gasteiger partial charge in [-0.2, -0.15) is 0 Å². The molecule has 94 valence electrons. The lowest BCUT2D eigenvalue weighted by atomic mass is 10.0. The SMILES string of the molecule is COC(=O)C[C@H](O)c1c(OC)cccc1OC. The highest BCUT2D eigenvalue weighted by Gasteiger charge is 2.21. The van der Waals surface area contributed by atoms with Crippen LogP contribution in [-0.2, 0) is 9.53 Å². The fraction of sp³-hybridized carbons (Fsp3) is 0.417. The normalized spacial score (nSPS) is 11.8. The minimum Gasteiger partial charge on any atom is -0.496 e. The number of rotatable bonds is 5. The minimum atomic E-state index is -1.02. The molecule has 0 saturated carbocycles. The fourth-order valence-electron chi connectivity index (χ4n) is 1.55. The zero-order valence-electron chi connectivity index (χ0n) is 10.1. The van der Waals surface area contributed by atoms with Crippen molar-refractivity contribution in [1.29, 1.82) is 0 Å². The van der Waals surface area contributed by atoms with Crippen LogP contribution >= 0.6 is 0 Å². The number of aliphatic hydroxyl groups is 1. The molecule has 0 aromatic heterocycles. The Morgan fingerprint density at radius 1 is 1.24 bits per heavy atom. The zero-order chi connectivity index (χ0) is 12.8. The van der Waals surface area contributed by atoms with E-state index in [0.29, 0.717) is 17.1 Å². The van der Waals surface area contributed by atoms with E-state index in [0.717, 1.165) is 0 Å². The smallest absolute Gasteiger partial charge is 0.308 e. The summed E-state index contributed by atoms with van der Waals surface area (Å²) in [5, 5.41) is 9.99. The third-order valence-electron chi connectivity index (χ3n) is 2.39. The van der Waals surface area contributed by atoms with E-state index < -0.39 is 12.1 Å². The van der Waals surface area contributed by atoms with Crippen LogP contribution in [-0.4, -0.2) is 32.4 Å². The number of carbonyl (C=O) groups is 1. The molecule has 0 saturated heterocycles. The third kappa shape index (κ3) is 3.10. The molecule has 1 aromatic rings. The second-order valence-corrected chi connectivity index (χ2v) is 3.37.